The van der Waals surface area contributed by atoms with Crippen LogP contribution in [0.4, 0.5) is 5.69 Å². The second kappa shape index (κ2) is 6.91. The quantitative estimate of drug-likeness (QED) is 0.874. The second-order valence-corrected chi connectivity index (χ2v) is 5.54. The van der Waals surface area contributed by atoms with Crippen LogP contribution >= 0.6 is 11.6 Å². The zero-order valence-electron chi connectivity index (χ0n) is 12.1. The molecule has 5 nitrogen and oxygen atoms in total. The van der Waals surface area contributed by atoms with E-state index in [0.717, 1.165) is 0 Å². The number of rotatable bonds is 6. The van der Waals surface area contributed by atoms with Crippen molar-refractivity contribution < 1.29 is 4.74 Å². The molecule has 0 aromatic carbocycles. The van der Waals surface area contributed by atoms with Gasteiger partial charge in [0.25, 0.3) is 5.56 Å². The highest BCUT2D eigenvalue weighted by atomic mass is 35.5. The van der Waals surface area contributed by atoms with Crippen molar-refractivity contribution in [3.05, 3.63) is 21.6 Å². The molecule has 0 saturated heterocycles. The first-order chi connectivity index (χ1) is 8.88. The van der Waals surface area contributed by atoms with Gasteiger partial charge in [0.05, 0.1) is 30.6 Å². The summed E-state index contributed by atoms with van der Waals surface area (Å²) in [4.78, 5) is 12.0. The Morgan fingerprint density at radius 1 is 1.42 bits per heavy atom. The second-order valence-electron chi connectivity index (χ2n) is 5.17. The van der Waals surface area contributed by atoms with E-state index in [2.05, 4.69) is 24.3 Å². The highest BCUT2D eigenvalue weighted by Crippen LogP contribution is 2.19. The van der Waals surface area contributed by atoms with Crippen LogP contribution in [0.2, 0.25) is 5.02 Å². The van der Waals surface area contributed by atoms with Crippen molar-refractivity contribution in [3.63, 3.8) is 0 Å². The molecule has 0 saturated carbocycles. The van der Waals surface area contributed by atoms with Crippen molar-refractivity contribution in [1.29, 1.82) is 0 Å². The van der Waals surface area contributed by atoms with Crippen molar-refractivity contribution in [1.82, 2.24) is 9.78 Å². The molecule has 1 unspecified atom stereocenters. The molecule has 0 fully saturated rings. The fourth-order valence-electron chi connectivity index (χ4n) is 1.69. The number of hydrogen-bond donors (Lipinski definition) is 1. The predicted molar refractivity (Wildman–Crippen MR) is 78.0 cm³/mol. The van der Waals surface area contributed by atoms with Crippen LogP contribution in [0.25, 0.3) is 0 Å². The molecule has 108 valence electrons. The molecule has 0 aliphatic heterocycles. The fourth-order valence-corrected chi connectivity index (χ4v) is 1.88. The Kier molecular flexibility index (Phi) is 5.82. The van der Waals surface area contributed by atoms with Crippen LogP contribution in [0, 0.1) is 5.92 Å². The maximum Gasteiger partial charge on any atom is 0.287 e. The van der Waals surface area contributed by atoms with Crippen molar-refractivity contribution in [3.8, 4) is 0 Å². The van der Waals surface area contributed by atoms with E-state index in [1.165, 1.54) is 4.68 Å². The summed E-state index contributed by atoms with van der Waals surface area (Å²) < 4.78 is 6.53. The number of anilines is 1. The van der Waals surface area contributed by atoms with Crippen molar-refractivity contribution in [2.75, 3.05) is 19.0 Å². The Labute approximate surface area is 118 Å². The monoisotopic (exact) mass is 287 g/mol. The Morgan fingerprint density at radius 3 is 2.53 bits per heavy atom. The van der Waals surface area contributed by atoms with Crippen LogP contribution in [0.1, 0.15) is 33.7 Å². The third-order valence-electron chi connectivity index (χ3n) is 2.92. The van der Waals surface area contributed by atoms with E-state index in [-0.39, 0.29) is 22.7 Å². The molecule has 0 bridgehead atoms. The summed E-state index contributed by atoms with van der Waals surface area (Å²) in [6.45, 7) is 8.47. The SMILES string of the molecule is COCC(Nc1cnn(C(C)C)c(=O)c1Cl)C(C)C. The van der Waals surface area contributed by atoms with E-state index in [1.807, 2.05) is 13.8 Å². The lowest BCUT2D eigenvalue weighted by atomic mass is 10.1. The first-order valence-electron chi connectivity index (χ1n) is 6.41. The molecule has 1 aromatic rings. The van der Waals surface area contributed by atoms with Crippen LogP contribution in [0.15, 0.2) is 11.0 Å². The minimum Gasteiger partial charge on any atom is -0.383 e. The maximum absolute atomic E-state index is 12.0. The number of methoxy groups -OCH3 is 1. The molecule has 1 N–H and O–H groups in total. The molecule has 0 aliphatic carbocycles. The van der Waals surface area contributed by atoms with E-state index < -0.39 is 0 Å². The topological polar surface area (TPSA) is 56.1 Å². The lowest BCUT2D eigenvalue weighted by Crippen LogP contribution is -2.32. The first-order valence-corrected chi connectivity index (χ1v) is 6.79. The van der Waals surface area contributed by atoms with E-state index in [4.69, 9.17) is 16.3 Å². The number of aromatic nitrogens is 2. The largest absolute Gasteiger partial charge is 0.383 e. The molecule has 1 aromatic heterocycles. The van der Waals surface area contributed by atoms with Gasteiger partial charge < -0.3 is 10.1 Å². The Morgan fingerprint density at radius 2 is 2.05 bits per heavy atom. The molecular weight excluding hydrogens is 266 g/mol. The van der Waals surface area contributed by atoms with Gasteiger partial charge in [-0.15, -0.1) is 0 Å². The average Bonchev–Trinajstić information content (AvgIpc) is 2.33. The van der Waals surface area contributed by atoms with E-state index in [1.54, 1.807) is 13.3 Å². The zero-order chi connectivity index (χ0) is 14.6. The number of nitrogens with zero attached hydrogens (tertiary/aromatic N) is 2. The minimum absolute atomic E-state index is 0.0149. The molecule has 0 amide bonds. The standard InChI is InChI=1S/C13H22ClN3O2/c1-8(2)11(7-19-5)16-10-6-15-17(9(3)4)13(18)12(10)14/h6,8-9,11,16H,7H2,1-5H3. The molecule has 0 aliphatic rings. The summed E-state index contributed by atoms with van der Waals surface area (Å²) >= 11 is 6.11. The van der Waals surface area contributed by atoms with Gasteiger partial charge in [-0.1, -0.05) is 25.4 Å². The molecule has 1 heterocycles. The summed E-state index contributed by atoms with van der Waals surface area (Å²) in [6.07, 6.45) is 1.59. The van der Waals surface area contributed by atoms with Crippen LogP contribution in [0.3, 0.4) is 0 Å². The van der Waals surface area contributed by atoms with Gasteiger partial charge in [0.15, 0.2) is 0 Å². The molecular formula is C13H22ClN3O2. The average molecular weight is 288 g/mol. The lowest BCUT2D eigenvalue weighted by molar-refractivity contribution is 0.171. The number of halogens is 1. The molecule has 19 heavy (non-hydrogen) atoms. The first kappa shape index (κ1) is 16.0. The van der Waals surface area contributed by atoms with Gasteiger partial charge in [-0.05, 0) is 19.8 Å². The molecule has 0 spiro atoms. The Balaban J connectivity index is 3.02. The molecule has 6 heteroatoms. The van der Waals surface area contributed by atoms with Gasteiger partial charge in [0.1, 0.15) is 5.02 Å². The molecule has 1 atom stereocenters. The third kappa shape index (κ3) is 3.94. The molecule has 0 radical (unpaired) electrons. The van der Waals surface area contributed by atoms with Crippen LogP contribution in [0.5, 0.6) is 0 Å². The van der Waals surface area contributed by atoms with E-state index >= 15 is 0 Å². The highest BCUT2D eigenvalue weighted by molar-refractivity contribution is 6.32. The van der Waals surface area contributed by atoms with Crippen LogP contribution in [-0.2, 0) is 4.74 Å². The van der Waals surface area contributed by atoms with Gasteiger partial charge in [0, 0.05) is 7.11 Å². The predicted octanol–water partition coefficient (Wildman–Crippen LogP) is 2.56. The lowest BCUT2D eigenvalue weighted by Gasteiger charge is -2.23. The number of hydrogen-bond acceptors (Lipinski definition) is 4. The molecule has 1 rings (SSSR count). The smallest absolute Gasteiger partial charge is 0.287 e. The maximum atomic E-state index is 12.0. The third-order valence-corrected chi connectivity index (χ3v) is 3.29. The van der Waals surface area contributed by atoms with Gasteiger partial charge in [-0.25, -0.2) is 4.68 Å². The van der Waals surface area contributed by atoms with Crippen molar-refractivity contribution in [2.45, 2.75) is 39.8 Å². The normalized spacial score (nSPS) is 13.1. The summed E-state index contributed by atoms with van der Waals surface area (Å²) in [5, 5.41) is 7.52. The van der Waals surface area contributed by atoms with Gasteiger partial charge >= 0.3 is 0 Å². The van der Waals surface area contributed by atoms with Crippen LogP contribution in [-0.4, -0.2) is 29.5 Å². The zero-order valence-corrected chi connectivity index (χ0v) is 12.9. The summed E-state index contributed by atoms with van der Waals surface area (Å²) in [5.41, 5.74) is 0.279. The van der Waals surface area contributed by atoms with Gasteiger partial charge in [0.2, 0.25) is 0 Å². The Hall–Kier alpha value is -1.07. The van der Waals surface area contributed by atoms with Crippen molar-refractivity contribution in [2.24, 2.45) is 5.92 Å². The van der Waals surface area contributed by atoms with E-state index in [9.17, 15) is 4.79 Å². The summed E-state index contributed by atoms with van der Waals surface area (Å²) in [6, 6.07) is 0.0671. The van der Waals surface area contributed by atoms with Gasteiger partial charge in [-0.2, -0.15) is 5.10 Å². The summed E-state index contributed by atoms with van der Waals surface area (Å²) in [5.74, 6) is 0.351. The minimum atomic E-state index is -0.276. The Bertz CT molecular complexity index is 471. The van der Waals surface area contributed by atoms with Crippen LogP contribution < -0.4 is 10.9 Å². The number of ether oxygens (including phenoxy) is 1. The summed E-state index contributed by atoms with van der Waals surface area (Å²) in [7, 11) is 1.65. The highest BCUT2D eigenvalue weighted by Gasteiger charge is 2.17. The van der Waals surface area contributed by atoms with Gasteiger partial charge in [-0.3, -0.25) is 4.79 Å². The van der Waals surface area contributed by atoms with E-state index in [0.29, 0.717) is 18.2 Å². The van der Waals surface area contributed by atoms with Crippen molar-refractivity contribution >= 4 is 17.3 Å². The fraction of sp³-hybridized carbons (Fsp3) is 0.692. The number of nitrogens with one attached hydrogen (secondary N) is 1.